The van der Waals surface area contributed by atoms with E-state index in [1.54, 1.807) is 34.6 Å². The van der Waals surface area contributed by atoms with Gasteiger partial charge in [-0.3, -0.25) is 9.59 Å². The minimum absolute atomic E-state index is 0.290. The third kappa shape index (κ3) is 3.53. The van der Waals surface area contributed by atoms with Gasteiger partial charge in [-0.15, -0.1) is 0 Å². The van der Waals surface area contributed by atoms with Crippen molar-refractivity contribution in [3.8, 4) is 0 Å². The molecule has 0 aromatic carbocycles. The Labute approximate surface area is 232 Å². The summed E-state index contributed by atoms with van der Waals surface area (Å²) in [6.07, 6.45) is 3.00. The Balaban J connectivity index is 1.73. The smallest absolute Gasteiger partial charge is 0.338 e. The van der Waals surface area contributed by atoms with Gasteiger partial charge < -0.3 is 33.2 Å². The molecule has 11 heteroatoms. The number of esters is 3. The number of methoxy groups -OCH3 is 1. The summed E-state index contributed by atoms with van der Waals surface area (Å²) in [4.78, 5) is 51.9. The van der Waals surface area contributed by atoms with E-state index in [0.717, 1.165) is 0 Å². The summed E-state index contributed by atoms with van der Waals surface area (Å²) in [5, 5.41) is 12.8. The molecule has 1 spiro atoms. The van der Waals surface area contributed by atoms with Gasteiger partial charge in [0, 0.05) is 13.0 Å². The van der Waals surface area contributed by atoms with Crippen LogP contribution in [0.2, 0.25) is 0 Å². The van der Waals surface area contributed by atoms with Crippen LogP contribution in [0.3, 0.4) is 0 Å². The Morgan fingerprint density at radius 3 is 2.42 bits per heavy atom. The van der Waals surface area contributed by atoms with Crippen LogP contribution in [0, 0.1) is 22.7 Å². The van der Waals surface area contributed by atoms with Crippen LogP contribution in [0.1, 0.15) is 64.7 Å². The molecule has 5 rings (SSSR count). The van der Waals surface area contributed by atoms with Gasteiger partial charge in [0.25, 0.3) is 0 Å². The third-order valence-corrected chi connectivity index (χ3v) is 9.89. The van der Waals surface area contributed by atoms with Crippen molar-refractivity contribution in [1.82, 2.24) is 0 Å². The molecule has 4 heterocycles. The van der Waals surface area contributed by atoms with E-state index in [1.807, 2.05) is 0 Å². The lowest BCUT2D eigenvalue weighted by Gasteiger charge is -2.57. The van der Waals surface area contributed by atoms with E-state index in [2.05, 4.69) is 0 Å². The number of aliphatic hydroxyl groups is 1. The normalized spacial score (nSPS) is 42.0. The average molecular weight is 561 g/mol. The molecular formula is C29H36O11. The summed E-state index contributed by atoms with van der Waals surface area (Å²) in [7, 11) is 1.22. The molecule has 218 valence electrons. The van der Waals surface area contributed by atoms with Crippen molar-refractivity contribution < 1.29 is 52.4 Å². The van der Waals surface area contributed by atoms with Gasteiger partial charge in [-0.25, -0.2) is 9.59 Å². The topological polar surface area (TPSA) is 151 Å². The lowest BCUT2D eigenvalue weighted by atomic mass is 9.45. The average Bonchev–Trinajstić information content (AvgIpc) is 3.32. The van der Waals surface area contributed by atoms with E-state index in [1.165, 1.54) is 44.8 Å². The zero-order valence-corrected chi connectivity index (χ0v) is 23.7. The van der Waals surface area contributed by atoms with Gasteiger partial charge in [-0.1, -0.05) is 13.0 Å². The Morgan fingerprint density at radius 2 is 1.85 bits per heavy atom. The second kappa shape index (κ2) is 8.99. The molecule has 4 aliphatic rings. The summed E-state index contributed by atoms with van der Waals surface area (Å²) < 4.78 is 34.3. The van der Waals surface area contributed by atoms with E-state index < -0.39 is 75.9 Å². The van der Waals surface area contributed by atoms with Crippen LogP contribution >= 0.6 is 0 Å². The summed E-state index contributed by atoms with van der Waals surface area (Å²) in [6.45, 7) is 9.71. The van der Waals surface area contributed by atoms with Crippen molar-refractivity contribution >= 4 is 23.7 Å². The van der Waals surface area contributed by atoms with Crippen molar-refractivity contribution in [3.63, 3.8) is 0 Å². The first-order valence-corrected chi connectivity index (χ1v) is 13.4. The number of hydrogen-bond donors (Lipinski definition) is 1. The van der Waals surface area contributed by atoms with Crippen LogP contribution in [0.25, 0.3) is 0 Å². The van der Waals surface area contributed by atoms with Crippen LogP contribution in [-0.4, -0.2) is 71.2 Å². The van der Waals surface area contributed by atoms with Crippen LogP contribution in [0.15, 0.2) is 35.2 Å². The van der Waals surface area contributed by atoms with Gasteiger partial charge in [0.15, 0.2) is 18.0 Å². The second-order valence-electron chi connectivity index (χ2n) is 12.2. The molecule has 2 saturated heterocycles. The molecule has 0 amide bonds. The van der Waals surface area contributed by atoms with E-state index in [0.29, 0.717) is 18.4 Å². The maximum Gasteiger partial charge on any atom is 0.338 e. The highest BCUT2D eigenvalue weighted by Gasteiger charge is 2.90. The predicted molar refractivity (Wildman–Crippen MR) is 135 cm³/mol. The maximum atomic E-state index is 14.1. The summed E-state index contributed by atoms with van der Waals surface area (Å²) in [6, 6.07) is 1.54. The monoisotopic (exact) mass is 560 g/mol. The highest BCUT2D eigenvalue weighted by Crippen LogP contribution is 2.75. The second-order valence-corrected chi connectivity index (χ2v) is 12.2. The molecule has 9 atom stereocenters. The molecule has 40 heavy (non-hydrogen) atoms. The number of Topliss-reactive ketones (excluding diaryl/α,β-unsaturated/α-hetero) is 1. The molecule has 0 bridgehead atoms. The maximum absolute atomic E-state index is 14.1. The van der Waals surface area contributed by atoms with Gasteiger partial charge in [0.05, 0.1) is 41.8 Å². The number of epoxide rings is 1. The van der Waals surface area contributed by atoms with E-state index in [9.17, 15) is 24.3 Å². The lowest BCUT2D eigenvalue weighted by molar-refractivity contribution is -0.321. The zero-order chi connectivity index (χ0) is 29.5. The van der Waals surface area contributed by atoms with Gasteiger partial charge in [-0.05, 0) is 52.5 Å². The number of rotatable bonds is 6. The Hall–Kier alpha value is -3.02. The fourth-order valence-electron chi connectivity index (χ4n) is 7.95. The molecule has 0 radical (unpaired) electrons. The Kier molecular flexibility index (Phi) is 6.41. The highest BCUT2D eigenvalue weighted by atomic mass is 16.7. The van der Waals surface area contributed by atoms with E-state index in [-0.39, 0.29) is 5.78 Å². The molecular weight excluding hydrogens is 524 g/mol. The fourth-order valence-corrected chi connectivity index (χ4v) is 7.95. The molecule has 1 aromatic heterocycles. The van der Waals surface area contributed by atoms with E-state index >= 15 is 0 Å². The van der Waals surface area contributed by atoms with Gasteiger partial charge in [0.2, 0.25) is 5.79 Å². The molecule has 11 nitrogen and oxygen atoms in total. The van der Waals surface area contributed by atoms with Crippen molar-refractivity contribution in [2.24, 2.45) is 22.7 Å². The summed E-state index contributed by atoms with van der Waals surface area (Å²) >= 11 is 0. The van der Waals surface area contributed by atoms with Gasteiger partial charge >= 0.3 is 17.9 Å². The van der Waals surface area contributed by atoms with Crippen molar-refractivity contribution in [2.45, 2.75) is 89.7 Å². The summed E-state index contributed by atoms with van der Waals surface area (Å²) in [5.41, 5.74) is -5.36. The number of carbonyl (C=O) groups excluding carboxylic acids is 4. The molecule has 3 unspecified atom stereocenters. The molecule has 1 N–H and O–H groups in total. The highest BCUT2D eigenvalue weighted by molar-refractivity contribution is 6.02. The number of fused-ring (bicyclic) bond motifs is 2. The molecule has 3 fully saturated rings. The number of cyclic esters (lactones) is 1. The van der Waals surface area contributed by atoms with Crippen LogP contribution < -0.4 is 0 Å². The Bertz CT molecular complexity index is 1270. The number of ketones is 1. The number of ether oxygens (including phenoxy) is 5. The number of carbonyl (C=O) groups is 4. The quantitative estimate of drug-likeness (QED) is 0.237. The Morgan fingerprint density at radius 1 is 1.15 bits per heavy atom. The predicted octanol–water partition coefficient (Wildman–Crippen LogP) is 2.74. The minimum atomic E-state index is -2.29. The lowest BCUT2D eigenvalue weighted by Crippen LogP contribution is -2.71. The molecule has 1 saturated carbocycles. The van der Waals surface area contributed by atoms with Gasteiger partial charge in [-0.2, -0.15) is 0 Å². The van der Waals surface area contributed by atoms with Crippen molar-refractivity contribution in [2.75, 3.05) is 7.11 Å². The first-order chi connectivity index (χ1) is 18.6. The van der Waals surface area contributed by atoms with Crippen molar-refractivity contribution in [1.29, 1.82) is 0 Å². The number of furan rings is 1. The number of hydrogen-bond acceptors (Lipinski definition) is 11. The first kappa shape index (κ1) is 28.5. The third-order valence-electron chi connectivity index (χ3n) is 9.89. The standard InChI is InChI=1S/C29H36O11/c1-15-18-10-12-26(5,21(32)17-11-13-36-14-17)28(23(40-28)24(33)35-7)27(18,6)29(34,38-15)22(37-16(2)30)19-8-9-20(31)39-25(19,3)4/h8-9,11,13-15,18-19,22-23,34H,10,12H2,1-7H3/t15-,18?,19?,22-,23+,26+,27-,28-,29?/m1/s1. The van der Waals surface area contributed by atoms with Crippen LogP contribution in [-0.2, 0) is 38.1 Å². The van der Waals surface area contributed by atoms with Crippen LogP contribution in [0.4, 0.5) is 0 Å². The SMILES string of the molecule is COC(=O)[C@@H]1O[C@@]12[C@](C)(C(=O)c1ccoc1)CCC1[C@@H](C)OC(O)([C@H](OC(C)=O)C3C=CC(=O)OC3(C)C)[C@]12C. The van der Waals surface area contributed by atoms with Gasteiger partial charge in [0.1, 0.15) is 17.5 Å². The minimum Gasteiger partial charge on any atom is -0.472 e. The van der Waals surface area contributed by atoms with E-state index in [4.69, 9.17) is 28.1 Å². The first-order valence-electron chi connectivity index (χ1n) is 13.4. The fraction of sp³-hybridized carbons (Fsp3) is 0.655. The van der Waals surface area contributed by atoms with Crippen LogP contribution in [0.5, 0.6) is 0 Å². The summed E-state index contributed by atoms with van der Waals surface area (Å²) in [5.74, 6) is -5.88. The zero-order valence-electron chi connectivity index (χ0n) is 23.7. The van der Waals surface area contributed by atoms with Crippen molar-refractivity contribution in [3.05, 3.63) is 36.3 Å². The largest absolute Gasteiger partial charge is 0.472 e. The molecule has 1 aromatic rings. The molecule has 3 aliphatic heterocycles. The molecule has 1 aliphatic carbocycles.